The Bertz CT molecular complexity index is 356. The van der Waals surface area contributed by atoms with Crippen LogP contribution >= 0.6 is 0 Å². The van der Waals surface area contributed by atoms with Gasteiger partial charge < -0.3 is 4.55 Å². The minimum Gasteiger partial charge on any atom is -0.598 e. The van der Waals surface area contributed by atoms with Crippen LogP contribution in [-0.2, 0) is 11.4 Å². The van der Waals surface area contributed by atoms with Crippen molar-refractivity contribution in [1.82, 2.24) is 4.72 Å². The van der Waals surface area contributed by atoms with Crippen LogP contribution in [0.5, 0.6) is 0 Å². The molecular weight excluding hydrogens is 242 g/mol. The molecule has 1 aromatic carbocycles. The zero-order valence-electron chi connectivity index (χ0n) is 12.1. The first kappa shape index (κ1) is 15.5. The van der Waals surface area contributed by atoms with Crippen LogP contribution in [-0.4, -0.2) is 9.30 Å². The van der Waals surface area contributed by atoms with Gasteiger partial charge in [-0.1, -0.05) is 43.2 Å². The highest BCUT2D eigenvalue weighted by Gasteiger charge is 2.29. The van der Waals surface area contributed by atoms with Gasteiger partial charge in [-0.15, -0.1) is 4.72 Å². The molecule has 1 rings (SSSR count). The Morgan fingerprint density at radius 2 is 1.78 bits per heavy atom. The largest absolute Gasteiger partial charge is 0.598 e. The van der Waals surface area contributed by atoms with E-state index in [0.717, 1.165) is 12.8 Å². The van der Waals surface area contributed by atoms with Crippen LogP contribution in [0.3, 0.4) is 0 Å². The molecule has 0 aliphatic rings. The van der Waals surface area contributed by atoms with Crippen molar-refractivity contribution in [3.63, 3.8) is 0 Å². The summed E-state index contributed by atoms with van der Waals surface area (Å²) in [6.07, 6.45) is 2.08. The van der Waals surface area contributed by atoms with Crippen molar-refractivity contribution in [2.75, 3.05) is 0 Å². The third-order valence-corrected chi connectivity index (χ3v) is 4.47. The molecule has 2 atom stereocenters. The van der Waals surface area contributed by atoms with E-state index >= 15 is 0 Å². The Labute approximate surface area is 114 Å². The standard InChI is InChI=1S/C15H25NOS/c1-6-7-14(16-18(17)15(3,4)5)13-10-8-12(2)9-11-13/h8-11,14,16H,6-7H2,1-5H3/t14-,18?/m0/s1. The summed E-state index contributed by atoms with van der Waals surface area (Å²) in [5.41, 5.74) is 2.48. The quantitative estimate of drug-likeness (QED) is 0.821. The van der Waals surface area contributed by atoms with E-state index in [1.54, 1.807) is 0 Å². The fourth-order valence-corrected chi connectivity index (χ4v) is 2.55. The Hall–Kier alpha value is -0.510. The van der Waals surface area contributed by atoms with E-state index in [2.05, 4.69) is 42.8 Å². The van der Waals surface area contributed by atoms with Crippen LogP contribution in [0.1, 0.15) is 57.7 Å². The first-order valence-corrected chi connectivity index (χ1v) is 7.74. The maximum Gasteiger partial charge on any atom is 0.136 e. The van der Waals surface area contributed by atoms with E-state index in [0.29, 0.717) is 0 Å². The normalized spacial score (nSPS) is 15.4. The molecule has 18 heavy (non-hydrogen) atoms. The number of hydrogen-bond donors (Lipinski definition) is 1. The average Bonchev–Trinajstić information content (AvgIpc) is 2.28. The third-order valence-electron chi connectivity index (χ3n) is 2.86. The highest BCUT2D eigenvalue weighted by molar-refractivity contribution is 7.90. The minimum atomic E-state index is -1.02. The zero-order chi connectivity index (χ0) is 13.8. The molecule has 1 N–H and O–H groups in total. The second-order valence-electron chi connectivity index (χ2n) is 5.75. The molecule has 0 fully saturated rings. The van der Waals surface area contributed by atoms with Gasteiger partial charge in [0.1, 0.15) is 4.75 Å². The number of benzene rings is 1. The molecule has 0 bridgehead atoms. The average molecular weight is 267 g/mol. The Kier molecular flexibility index (Phi) is 5.70. The van der Waals surface area contributed by atoms with Crippen molar-refractivity contribution >= 4 is 11.4 Å². The van der Waals surface area contributed by atoms with Crippen LogP contribution in [0.15, 0.2) is 24.3 Å². The minimum absolute atomic E-state index is 0.177. The fourth-order valence-electron chi connectivity index (χ4n) is 1.69. The van der Waals surface area contributed by atoms with Crippen molar-refractivity contribution in [2.45, 2.75) is 58.2 Å². The van der Waals surface area contributed by atoms with Gasteiger partial charge in [0.2, 0.25) is 0 Å². The van der Waals surface area contributed by atoms with Gasteiger partial charge >= 0.3 is 0 Å². The third kappa shape index (κ3) is 4.63. The van der Waals surface area contributed by atoms with E-state index in [9.17, 15) is 4.55 Å². The molecule has 1 unspecified atom stereocenters. The van der Waals surface area contributed by atoms with Gasteiger partial charge in [-0.25, -0.2) is 0 Å². The van der Waals surface area contributed by atoms with Crippen LogP contribution in [0.4, 0.5) is 0 Å². The highest BCUT2D eigenvalue weighted by atomic mass is 32.2. The molecule has 0 aromatic heterocycles. The smallest absolute Gasteiger partial charge is 0.136 e. The number of aryl methyl sites for hydroxylation is 1. The molecule has 3 heteroatoms. The van der Waals surface area contributed by atoms with Gasteiger partial charge in [-0.3, -0.25) is 0 Å². The van der Waals surface area contributed by atoms with Crippen molar-refractivity contribution in [1.29, 1.82) is 0 Å². The molecule has 0 heterocycles. The Balaban J connectivity index is 2.80. The lowest BCUT2D eigenvalue weighted by Crippen LogP contribution is -2.41. The van der Waals surface area contributed by atoms with Crippen LogP contribution in [0, 0.1) is 6.92 Å². The summed E-state index contributed by atoms with van der Waals surface area (Å²) in [4.78, 5) is 0. The summed E-state index contributed by atoms with van der Waals surface area (Å²) in [5.74, 6) is 0. The number of rotatable bonds is 5. The lowest BCUT2D eigenvalue weighted by atomic mass is 10.0. The van der Waals surface area contributed by atoms with Gasteiger partial charge in [-0.05, 0) is 39.7 Å². The number of hydrogen-bond acceptors (Lipinski definition) is 2. The second kappa shape index (κ2) is 6.60. The van der Waals surface area contributed by atoms with Gasteiger partial charge in [0, 0.05) is 11.4 Å². The van der Waals surface area contributed by atoms with E-state index < -0.39 is 11.4 Å². The van der Waals surface area contributed by atoms with Gasteiger partial charge in [0.25, 0.3) is 0 Å². The zero-order valence-corrected chi connectivity index (χ0v) is 12.9. The first-order valence-electron chi connectivity index (χ1n) is 6.59. The molecule has 0 amide bonds. The van der Waals surface area contributed by atoms with Crippen molar-refractivity contribution in [3.05, 3.63) is 35.4 Å². The van der Waals surface area contributed by atoms with E-state index in [-0.39, 0.29) is 10.8 Å². The monoisotopic (exact) mass is 267 g/mol. The maximum atomic E-state index is 12.2. The van der Waals surface area contributed by atoms with Gasteiger partial charge in [0.05, 0.1) is 6.04 Å². The fraction of sp³-hybridized carbons (Fsp3) is 0.600. The molecule has 0 spiro atoms. The molecule has 0 aliphatic heterocycles. The lowest BCUT2D eigenvalue weighted by Gasteiger charge is -2.28. The van der Waals surface area contributed by atoms with E-state index in [1.807, 2.05) is 20.8 Å². The summed E-state index contributed by atoms with van der Waals surface area (Å²) >= 11 is -1.02. The molecule has 102 valence electrons. The first-order chi connectivity index (χ1) is 8.34. The highest BCUT2D eigenvalue weighted by Crippen LogP contribution is 2.23. The molecule has 0 radical (unpaired) electrons. The summed E-state index contributed by atoms with van der Waals surface area (Å²) in [5, 5.41) is 0. The molecule has 1 aromatic rings. The van der Waals surface area contributed by atoms with Gasteiger partial charge in [0.15, 0.2) is 0 Å². The summed E-state index contributed by atoms with van der Waals surface area (Å²) in [6, 6.07) is 8.65. The van der Waals surface area contributed by atoms with Crippen LogP contribution in [0.2, 0.25) is 0 Å². The lowest BCUT2D eigenvalue weighted by molar-refractivity contribution is 0.509. The van der Waals surface area contributed by atoms with Crippen molar-refractivity contribution in [2.24, 2.45) is 0 Å². The predicted molar refractivity (Wildman–Crippen MR) is 79.9 cm³/mol. The SMILES string of the molecule is CCC[C@H](N[S+]([O-])C(C)(C)C)c1ccc(C)cc1. The molecule has 0 aliphatic carbocycles. The molecule has 0 saturated heterocycles. The maximum absolute atomic E-state index is 12.2. The summed E-state index contributed by atoms with van der Waals surface area (Å²) < 4.78 is 15.2. The molecule has 2 nitrogen and oxygen atoms in total. The van der Waals surface area contributed by atoms with Crippen molar-refractivity contribution < 1.29 is 4.55 Å². The molecule has 0 saturated carbocycles. The molecular formula is C15H25NOS. The summed E-state index contributed by atoms with van der Waals surface area (Å²) in [7, 11) is 0. The van der Waals surface area contributed by atoms with Crippen molar-refractivity contribution in [3.8, 4) is 0 Å². The van der Waals surface area contributed by atoms with E-state index in [4.69, 9.17) is 0 Å². The van der Waals surface area contributed by atoms with Gasteiger partial charge in [-0.2, -0.15) is 0 Å². The second-order valence-corrected chi connectivity index (χ2v) is 7.75. The Morgan fingerprint density at radius 3 is 2.22 bits per heavy atom. The summed E-state index contributed by atoms with van der Waals surface area (Å²) in [6.45, 7) is 10.2. The van der Waals surface area contributed by atoms with Crippen LogP contribution < -0.4 is 4.72 Å². The Morgan fingerprint density at radius 1 is 1.22 bits per heavy atom. The van der Waals surface area contributed by atoms with Crippen LogP contribution in [0.25, 0.3) is 0 Å². The number of nitrogens with one attached hydrogen (secondary N) is 1. The predicted octanol–water partition coefficient (Wildman–Crippen LogP) is 3.89. The topological polar surface area (TPSA) is 35.1 Å². The van der Waals surface area contributed by atoms with E-state index in [1.165, 1.54) is 11.1 Å².